The number of hydrogen-bond donors (Lipinski definition) is 0. The number of halogens is 1. The van der Waals surface area contributed by atoms with Crippen LogP contribution in [0.4, 0.5) is 0 Å². The summed E-state index contributed by atoms with van der Waals surface area (Å²) in [4.78, 5) is 29.2. The summed E-state index contributed by atoms with van der Waals surface area (Å²) in [5.74, 6) is 0.447. The molecule has 23 heavy (non-hydrogen) atoms. The fourth-order valence-electron chi connectivity index (χ4n) is 2.75. The number of nitrogens with zero attached hydrogens (tertiary/aromatic N) is 2. The third kappa shape index (κ3) is 4.29. The molecule has 1 saturated heterocycles. The molecule has 1 fully saturated rings. The summed E-state index contributed by atoms with van der Waals surface area (Å²) in [5, 5.41) is 0. The number of thioether (sulfide) groups is 1. The highest BCUT2D eigenvalue weighted by molar-refractivity contribution is 9.10. The van der Waals surface area contributed by atoms with E-state index in [-0.39, 0.29) is 17.9 Å². The second-order valence-corrected chi connectivity index (χ2v) is 8.00. The van der Waals surface area contributed by atoms with Crippen LogP contribution in [0.25, 0.3) is 0 Å². The fraction of sp³-hybridized carbons (Fsp3) is 0.529. The van der Waals surface area contributed by atoms with E-state index in [0.717, 1.165) is 33.3 Å². The van der Waals surface area contributed by atoms with E-state index in [1.807, 2.05) is 13.8 Å². The summed E-state index contributed by atoms with van der Waals surface area (Å²) in [6.45, 7) is 4.77. The van der Waals surface area contributed by atoms with Gasteiger partial charge in [0.1, 0.15) is 6.04 Å². The highest BCUT2D eigenvalue weighted by Crippen LogP contribution is 2.29. The van der Waals surface area contributed by atoms with Gasteiger partial charge in [0, 0.05) is 30.0 Å². The maximum absolute atomic E-state index is 12.5. The van der Waals surface area contributed by atoms with Crippen molar-refractivity contribution in [2.45, 2.75) is 37.6 Å². The molecule has 2 rings (SSSR count). The quantitative estimate of drug-likeness (QED) is 0.730. The molecule has 0 spiro atoms. The molecule has 0 radical (unpaired) electrons. The molecule has 0 bridgehead atoms. The smallest absolute Gasteiger partial charge is 0.244 e. The predicted molar refractivity (Wildman–Crippen MR) is 97.8 cm³/mol. The summed E-state index contributed by atoms with van der Waals surface area (Å²) in [5.41, 5.74) is 2.31. The van der Waals surface area contributed by atoms with E-state index in [9.17, 15) is 9.59 Å². The second kappa shape index (κ2) is 7.71. The number of likely N-dealkylation sites (N-methyl/N-ethyl adjacent to an activating group) is 1. The lowest BCUT2D eigenvalue weighted by Crippen LogP contribution is -2.46. The Balaban J connectivity index is 2.02. The molecule has 2 amide bonds. The van der Waals surface area contributed by atoms with Crippen LogP contribution in [0.2, 0.25) is 0 Å². The van der Waals surface area contributed by atoms with E-state index in [2.05, 4.69) is 28.1 Å². The van der Waals surface area contributed by atoms with Crippen LogP contribution < -0.4 is 0 Å². The molecule has 1 unspecified atom stereocenters. The number of hydrogen-bond acceptors (Lipinski definition) is 3. The maximum Gasteiger partial charge on any atom is 0.244 e. The lowest BCUT2D eigenvalue weighted by molar-refractivity contribution is -0.140. The van der Waals surface area contributed by atoms with Gasteiger partial charge in [-0.25, -0.2) is 0 Å². The predicted octanol–water partition coefficient (Wildman–Crippen LogP) is 3.24. The first-order chi connectivity index (χ1) is 10.8. The van der Waals surface area contributed by atoms with Crippen LogP contribution in [-0.2, 0) is 9.59 Å². The van der Waals surface area contributed by atoms with Crippen molar-refractivity contribution in [1.82, 2.24) is 9.80 Å². The van der Waals surface area contributed by atoms with Crippen molar-refractivity contribution in [1.29, 1.82) is 0 Å². The lowest BCUT2D eigenvalue weighted by Gasteiger charge is -2.26. The highest BCUT2D eigenvalue weighted by Gasteiger charge is 2.34. The summed E-state index contributed by atoms with van der Waals surface area (Å²) in [6, 6.07) is 3.89. The highest BCUT2D eigenvalue weighted by atomic mass is 79.9. The zero-order valence-electron chi connectivity index (χ0n) is 14.1. The fourth-order valence-corrected chi connectivity index (χ4v) is 4.20. The molecule has 0 aliphatic carbocycles. The summed E-state index contributed by atoms with van der Waals surface area (Å²) < 4.78 is 1.09. The number of carbonyl (C=O) groups is 2. The zero-order chi connectivity index (χ0) is 17.1. The second-order valence-electron chi connectivity index (χ2n) is 6.13. The Kier molecular flexibility index (Phi) is 6.14. The average Bonchev–Trinajstić information content (AvgIpc) is 2.97. The summed E-state index contributed by atoms with van der Waals surface area (Å²) in [6.07, 6.45) is 1.67. The number of benzene rings is 1. The largest absolute Gasteiger partial charge is 0.347 e. The molecular formula is C17H23BrN2O2S. The zero-order valence-corrected chi connectivity index (χ0v) is 16.5. The third-order valence-electron chi connectivity index (χ3n) is 4.11. The van der Waals surface area contributed by atoms with Crippen molar-refractivity contribution >= 4 is 39.5 Å². The summed E-state index contributed by atoms with van der Waals surface area (Å²) in [7, 11) is 3.48. The molecule has 0 aromatic heterocycles. The van der Waals surface area contributed by atoms with Crippen LogP contribution in [0.3, 0.4) is 0 Å². The van der Waals surface area contributed by atoms with Crippen LogP contribution >= 0.6 is 27.7 Å². The minimum atomic E-state index is -0.286. The van der Waals surface area contributed by atoms with Gasteiger partial charge >= 0.3 is 0 Å². The van der Waals surface area contributed by atoms with Crippen molar-refractivity contribution in [2.24, 2.45) is 0 Å². The van der Waals surface area contributed by atoms with Crippen LogP contribution in [0, 0.1) is 13.8 Å². The van der Waals surface area contributed by atoms with E-state index in [4.69, 9.17) is 0 Å². The van der Waals surface area contributed by atoms with Crippen LogP contribution in [0.1, 0.15) is 24.0 Å². The van der Waals surface area contributed by atoms with Gasteiger partial charge in [-0.05, 0) is 49.9 Å². The molecule has 1 aromatic carbocycles. The SMILES string of the molecule is Cc1cc(SCC(=O)N2CCCC2C(=O)N(C)C)c(C)cc1Br. The Labute approximate surface area is 150 Å². The van der Waals surface area contributed by atoms with E-state index >= 15 is 0 Å². The molecule has 1 heterocycles. The standard InChI is InChI=1S/C17H23BrN2O2S/c1-11-9-15(12(2)8-13(11)18)23-10-16(21)20-7-5-6-14(20)17(22)19(3)4/h8-9,14H,5-7,10H2,1-4H3. The molecule has 0 N–H and O–H groups in total. The number of rotatable bonds is 4. The number of aryl methyl sites for hydroxylation is 2. The Morgan fingerprint density at radius 1 is 1.30 bits per heavy atom. The first-order valence-corrected chi connectivity index (χ1v) is 9.49. The lowest BCUT2D eigenvalue weighted by atomic mass is 10.2. The molecule has 1 aliphatic heterocycles. The normalized spacial score (nSPS) is 17.4. The van der Waals surface area contributed by atoms with Crippen LogP contribution in [0.15, 0.2) is 21.5 Å². The number of amides is 2. The Morgan fingerprint density at radius 2 is 2.00 bits per heavy atom. The van der Waals surface area contributed by atoms with E-state index < -0.39 is 0 Å². The minimum absolute atomic E-state index is 0.0246. The Hall–Kier alpha value is -1.01. The Bertz CT molecular complexity index is 619. The average molecular weight is 399 g/mol. The maximum atomic E-state index is 12.5. The van der Waals surface area contributed by atoms with E-state index in [0.29, 0.717) is 12.3 Å². The van der Waals surface area contributed by atoms with Gasteiger partial charge in [-0.2, -0.15) is 0 Å². The molecular weight excluding hydrogens is 376 g/mol. The van der Waals surface area contributed by atoms with E-state index in [1.165, 1.54) is 0 Å². The molecule has 126 valence electrons. The van der Waals surface area contributed by atoms with Gasteiger partial charge in [0.05, 0.1) is 5.75 Å². The van der Waals surface area contributed by atoms with Crippen molar-refractivity contribution < 1.29 is 9.59 Å². The molecule has 1 atom stereocenters. The van der Waals surface area contributed by atoms with Gasteiger partial charge in [0.15, 0.2) is 0 Å². The van der Waals surface area contributed by atoms with Gasteiger partial charge in [-0.1, -0.05) is 15.9 Å². The number of likely N-dealkylation sites (tertiary alicyclic amines) is 1. The molecule has 1 aromatic rings. The monoisotopic (exact) mass is 398 g/mol. The summed E-state index contributed by atoms with van der Waals surface area (Å²) >= 11 is 5.07. The van der Waals surface area contributed by atoms with Crippen LogP contribution in [0.5, 0.6) is 0 Å². The Morgan fingerprint density at radius 3 is 2.65 bits per heavy atom. The first-order valence-electron chi connectivity index (χ1n) is 7.71. The van der Waals surface area contributed by atoms with Crippen molar-refractivity contribution in [3.63, 3.8) is 0 Å². The van der Waals surface area contributed by atoms with Crippen molar-refractivity contribution in [3.8, 4) is 0 Å². The van der Waals surface area contributed by atoms with Gasteiger partial charge < -0.3 is 9.80 Å². The first kappa shape index (κ1) is 18.3. The molecule has 4 nitrogen and oxygen atoms in total. The molecule has 0 saturated carbocycles. The van der Waals surface area contributed by atoms with Gasteiger partial charge in [0.25, 0.3) is 0 Å². The topological polar surface area (TPSA) is 40.6 Å². The van der Waals surface area contributed by atoms with Crippen LogP contribution in [-0.4, -0.2) is 54.0 Å². The van der Waals surface area contributed by atoms with Gasteiger partial charge in [0.2, 0.25) is 11.8 Å². The number of carbonyl (C=O) groups excluding carboxylic acids is 2. The molecule has 1 aliphatic rings. The van der Waals surface area contributed by atoms with Crippen molar-refractivity contribution in [2.75, 3.05) is 26.4 Å². The van der Waals surface area contributed by atoms with E-state index in [1.54, 1.807) is 35.7 Å². The van der Waals surface area contributed by atoms with Gasteiger partial charge in [-0.3, -0.25) is 9.59 Å². The van der Waals surface area contributed by atoms with Crippen molar-refractivity contribution in [3.05, 3.63) is 27.7 Å². The molecule has 6 heteroatoms. The third-order valence-corrected chi connectivity index (χ3v) is 6.10. The van der Waals surface area contributed by atoms with Gasteiger partial charge in [-0.15, -0.1) is 11.8 Å². The minimum Gasteiger partial charge on any atom is -0.347 e.